The monoisotopic (exact) mass is 178 g/mol. The first-order valence-electron chi connectivity index (χ1n) is 4.78. The maximum absolute atomic E-state index is 13.3. The Morgan fingerprint density at radius 3 is 2.69 bits per heavy atom. The number of halogens is 1. The second-order valence-electron chi connectivity index (χ2n) is 3.43. The van der Waals surface area contributed by atoms with E-state index in [0.717, 1.165) is 13.1 Å². The molecule has 1 fully saturated rings. The minimum absolute atomic E-state index is 0.124. The Hall–Kier alpha value is -1.05. The normalized spacial score (nSPS) is 17.5. The summed E-state index contributed by atoms with van der Waals surface area (Å²) in [6.07, 6.45) is 3.62. The molecule has 0 saturated carbocycles. The molecule has 0 amide bonds. The number of hydrogen-bond acceptors (Lipinski definition) is 1. The molecule has 13 heavy (non-hydrogen) atoms. The van der Waals surface area contributed by atoms with E-state index in [9.17, 15) is 4.39 Å². The molecule has 0 aliphatic carbocycles. The molecular weight excluding hydrogens is 165 g/mol. The molecule has 2 heteroatoms. The molecule has 1 aliphatic rings. The molecule has 0 spiro atoms. The minimum atomic E-state index is -0.124. The Morgan fingerprint density at radius 1 is 1.23 bits per heavy atom. The van der Waals surface area contributed by atoms with Crippen molar-refractivity contribution in [1.82, 2.24) is 0 Å². The zero-order chi connectivity index (χ0) is 9.10. The van der Waals surface area contributed by atoms with Gasteiger partial charge in [0.05, 0.1) is 5.69 Å². The van der Waals surface area contributed by atoms with E-state index in [-0.39, 0.29) is 5.82 Å². The van der Waals surface area contributed by atoms with Crippen LogP contribution in [-0.4, -0.2) is 13.1 Å². The van der Waals surface area contributed by atoms with Crippen molar-refractivity contribution >= 4 is 5.69 Å². The first-order chi connectivity index (χ1) is 6.38. The summed E-state index contributed by atoms with van der Waals surface area (Å²) < 4.78 is 13.3. The first kappa shape index (κ1) is 8.54. The minimum Gasteiger partial charge on any atom is -0.369 e. The van der Waals surface area contributed by atoms with Gasteiger partial charge in [-0.15, -0.1) is 0 Å². The number of hydrogen-bond donors (Lipinski definition) is 0. The summed E-state index contributed by atoms with van der Waals surface area (Å²) in [5.74, 6) is -0.124. The van der Waals surface area contributed by atoms with Gasteiger partial charge in [-0.05, 0) is 37.5 Å². The van der Waals surface area contributed by atoms with E-state index < -0.39 is 0 Å². The average molecular weight is 178 g/mol. The number of benzene rings is 1. The molecule has 0 unspecified atom stereocenters. The molecule has 0 atom stereocenters. The van der Waals surface area contributed by atoms with Gasteiger partial charge in [0.25, 0.3) is 0 Å². The van der Waals surface area contributed by atoms with Crippen LogP contribution in [0.15, 0.2) is 18.2 Å². The van der Waals surface area contributed by atoms with Crippen LogP contribution in [0.5, 0.6) is 0 Å². The lowest BCUT2D eigenvalue weighted by molar-refractivity contribution is 0.557. The van der Waals surface area contributed by atoms with Crippen molar-refractivity contribution in [3.63, 3.8) is 0 Å². The molecule has 0 bridgehead atoms. The highest BCUT2D eigenvalue weighted by molar-refractivity contribution is 5.47. The van der Waals surface area contributed by atoms with Gasteiger partial charge in [-0.2, -0.15) is 0 Å². The summed E-state index contributed by atoms with van der Waals surface area (Å²) in [6, 6.07) is 7.74. The van der Waals surface area contributed by atoms with Crippen molar-refractivity contribution in [3.8, 4) is 0 Å². The third-order valence-electron chi connectivity index (χ3n) is 2.49. The second kappa shape index (κ2) is 3.77. The van der Waals surface area contributed by atoms with Gasteiger partial charge in [0.1, 0.15) is 5.82 Å². The lowest BCUT2D eigenvalue weighted by atomic mass is 10.1. The van der Waals surface area contributed by atoms with Crippen LogP contribution in [-0.2, 0) is 0 Å². The van der Waals surface area contributed by atoms with Crippen molar-refractivity contribution in [1.29, 1.82) is 0 Å². The molecule has 1 radical (unpaired) electrons. The molecule has 1 aromatic rings. The lowest BCUT2D eigenvalue weighted by Gasteiger charge is -2.28. The van der Waals surface area contributed by atoms with Crippen LogP contribution >= 0.6 is 0 Å². The van der Waals surface area contributed by atoms with E-state index in [4.69, 9.17) is 0 Å². The highest BCUT2D eigenvalue weighted by Gasteiger charge is 2.13. The van der Waals surface area contributed by atoms with E-state index in [1.165, 1.54) is 25.3 Å². The zero-order valence-corrected chi connectivity index (χ0v) is 7.59. The number of nitrogens with zero attached hydrogens (tertiary/aromatic N) is 1. The second-order valence-corrected chi connectivity index (χ2v) is 3.43. The van der Waals surface area contributed by atoms with E-state index in [1.807, 2.05) is 0 Å². The van der Waals surface area contributed by atoms with Gasteiger partial charge in [-0.25, -0.2) is 4.39 Å². The highest BCUT2D eigenvalue weighted by atomic mass is 19.1. The van der Waals surface area contributed by atoms with Gasteiger partial charge in [0.15, 0.2) is 0 Å². The van der Waals surface area contributed by atoms with Gasteiger partial charge < -0.3 is 4.90 Å². The van der Waals surface area contributed by atoms with Crippen LogP contribution in [0, 0.1) is 11.9 Å². The predicted molar refractivity (Wildman–Crippen MR) is 51.3 cm³/mol. The van der Waals surface area contributed by atoms with Crippen LogP contribution in [0.2, 0.25) is 0 Å². The van der Waals surface area contributed by atoms with E-state index in [0.29, 0.717) is 5.69 Å². The smallest absolute Gasteiger partial charge is 0.146 e. The summed E-state index contributed by atoms with van der Waals surface area (Å²) in [7, 11) is 0. The third kappa shape index (κ3) is 1.82. The van der Waals surface area contributed by atoms with Crippen molar-refractivity contribution in [2.75, 3.05) is 18.0 Å². The topological polar surface area (TPSA) is 3.24 Å². The average Bonchev–Trinajstić information content (AvgIpc) is 2.20. The Balaban J connectivity index is 2.18. The summed E-state index contributed by atoms with van der Waals surface area (Å²) >= 11 is 0. The van der Waals surface area contributed by atoms with Crippen LogP contribution in [0.1, 0.15) is 19.3 Å². The third-order valence-corrected chi connectivity index (χ3v) is 2.49. The molecule has 2 rings (SSSR count). The predicted octanol–water partition coefficient (Wildman–Crippen LogP) is 2.62. The standard InChI is InChI=1S/C11H13FN/c12-10-6-2-3-7-11(10)13-8-4-1-5-9-13/h2,6-7H,1,4-5,8-9H2. The molecule has 1 aromatic carbocycles. The van der Waals surface area contributed by atoms with Crippen LogP contribution in [0.3, 0.4) is 0 Å². The largest absolute Gasteiger partial charge is 0.369 e. The number of piperidine rings is 1. The molecule has 1 nitrogen and oxygen atoms in total. The summed E-state index contributed by atoms with van der Waals surface area (Å²) in [5, 5.41) is 0. The maximum atomic E-state index is 13.3. The summed E-state index contributed by atoms with van der Waals surface area (Å²) in [5.41, 5.74) is 0.710. The summed E-state index contributed by atoms with van der Waals surface area (Å²) in [6.45, 7) is 1.96. The van der Waals surface area contributed by atoms with Gasteiger partial charge in [0.2, 0.25) is 0 Å². The Kier molecular flexibility index (Phi) is 2.48. The number of anilines is 1. The first-order valence-corrected chi connectivity index (χ1v) is 4.78. The zero-order valence-electron chi connectivity index (χ0n) is 7.59. The van der Waals surface area contributed by atoms with Gasteiger partial charge in [0, 0.05) is 13.1 Å². The number of rotatable bonds is 1. The molecule has 1 heterocycles. The SMILES string of the molecule is Fc1cc[c]cc1N1CCCCC1. The van der Waals surface area contributed by atoms with E-state index in [2.05, 4.69) is 11.0 Å². The molecule has 0 aromatic heterocycles. The summed E-state index contributed by atoms with van der Waals surface area (Å²) in [4.78, 5) is 2.11. The van der Waals surface area contributed by atoms with Crippen molar-refractivity contribution in [3.05, 3.63) is 30.1 Å². The Labute approximate surface area is 78.2 Å². The van der Waals surface area contributed by atoms with Crippen LogP contribution in [0.25, 0.3) is 0 Å². The molecule has 0 N–H and O–H groups in total. The molecule has 1 saturated heterocycles. The van der Waals surface area contributed by atoms with Crippen LogP contribution in [0.4, 0.5) is 10.1 Å². The van der Waals surface area contributed by atoms with Crippen molar-refractivity contribution < 1.29 is 4.39 Å². The lowest BCUT2D eigenvalue weighted by Crippen LogP contribution is -2.30. The Bertz CT molecular complexity index is 279. The fourth-order valence-corrected chi connectivity index (χ4v) is 1.78. The molecular formula is C11H13FN. The molecule has 69 valence electrons. The van der Waals surface area contributed by atoms with Crippen LogP contribution < -0.4 is 4.90 Å². The van der Waals surface area contributed by atoms with E-state index >= 15 is 0 Å². The van der Waals surface area contributed by atoms with E-state index in [1.54, 1.807) is 12.1 Å². The van der Waals surface area contributed by atoms with Crippen molar-refractivity contribution in [2.24, 2.45) is 0 Å². The maximum Gasteiger partial charge on any atom is 0.146 e. The van der Waals surface area contributed by atoms with Gasteiger partial charge >= 0.3 is 0 Å². The van der Waals surface area contributed by atoms with Gasteiger partial charge in [-0.1, -0.05) is 6.07 Å². The van der Waals surface area contributed by atoms with Crippen molar-refractivity contribution in [2.45, 2.75) is 19.3 Å². The fraction of sp³-hybridized carbons (Fsp3) is 0.455. The Morgan fingerprint density at radius 2 is 2.00 bits per heavy atom. The highest BCUT2D eigenvalue weighted by Crippen LogP contribution is 2.21. The fourth-order valence-electron chi connectivity index (χ4n) is 1.78. The quantitative estimate of drug-likeness (QED) is 0.639. The van der Waals surface area contributed by atoms with Gasteiger partial charge in [-0.3, -0.25) is 0 Å². The molecule has 1 aliphatic heterocycles.